The Bertz CT molecular complexity index is 1280. The van der Waals surface area contributed by atoms with Crippen LogP contribution in [0.4, 0.5) is 0 Å². The highest BCUT2D eigenvalue weighted by Crippen LogP contribution is 2.30. The summed E-state index contributed by atoms with van der Waals surface area (Å²) in [4.78, 5) is 13.1. The molecule has 0 saturated carbocycles. The van der Waals surface area contributed by atoms with Crippen molar-refractivity contribution in [1.82, 2.24) is 14.5 Å². The van der Waals surface area contributed by atoms with Crippen molar-refractivity contribution in [3.05, 3.63) is 65.5 Å². The molecule has 1 unspecified atom stereocenters. The van der Waals surface area contributed by atoms with Crippen LogP contribution in [0, 0.1) is 5.92 Å². The molecule has 0 amide bonds. The van der Waals surface area contributed by atoms with Gasteiger partial charge in [0.2, 0.25) is 15.9 Å². The van der Waals surface area contributed by atoms with E-state index in [9.17, 15) is 13.2 Å². The fraction of sp³-hybridized carbons (Fsp3) is 0.400. The van der Waals surface area contributed by atoms with Gasteiger partial charge >= 0.3 is 5.97 Å². The predicted octanol–water partition coefficient (Wildman–Crippen LogP) is 3.93. The van der Waals surface area contributed by atoms with E-state index in [1.165, 1.54) is 9.87 Å². The van der Waals surface area contributed by atoms with Crippen molar-refractivity contribution in [3.63, 3.8) is 0 Å². The SMILES string of the molecule is CC(OC(=O)C1CCN(S(=O)(=O)c2ccc3c(c2)CCC3)CC1)c1nnc(-c2ccccc2)o1. The van der Waals surface area contributed by atoms with Crippen molar-refractivity contribution in [2.24, 2.45) is 5.92 Å². The maximum absolute atomic E-state index is 13.1. The first-order valence-corrected chi connectivity index (χ1v) is 13.1. The van der Waals surface area contributed by atoms with Crippen LogP contribution in [0.2, 0.25) is 0 Å². The van der Waals surface area contributed by atoms with Crippen LogP contribution in [0.15, 0.2) is 57.8 Å². The number of nitrogens with zero attached hydrogens (tertiary/aromatic N) is 3. The van der Waals surface area contributed by atoms with Crippen LogP contribution < -0.4 is 0 Å². The molecule has 9 heteroatoms. The molecule has 0 bridgehead atoms. The number of hydrogen-bond donors (Lipinski definition) is 0. The zero-order valence-electron chi connectivity index (χ0n) is 19.0. The highest BCUT2D eigenvalue weighted by molar-refractivity contribution is 7.89. The Morgan fingerprint density at radius 3 is 2.56 bits per heavy atom. The van der Waals surface area contributed by atoms with Crippen LogP contribution >= 0.6 is 0 Å². The van der Waals surface area contributed by atoms with E-state index in [1.807, 2.05) is 42.5 Å². The normalized spacial score (nSPS) is 17.9. The second-order valence-corrected chi connectivity index (χ2v) is 10.8. The fourth-order valence-corrected chi connectivity index (χ4v) is 6.13. The highest BCUT2D eigenvalue weighted by Gasteiger charge is 2.34. The lowest BCUT2D eigenvalue weighted by molar-refractivity contribution is -0.156. The van der Waals surface area contributed by atoms with Crippen LogP contribution in [0.5, 0.6) is 0 Å². The summed E-state index contributed by atoms with van der Waals surface area (Å²) >= 11 is 0. The number of carbonyl (C=O) groups excluding carboxylic acids is 1. The molecule has 2 aromatic carbocycles. The lowest BCUT2D eigenvalue weighted by Crippen LogP contribution is -2.40. The molecule has 1 fully saturated rings. The molecule has 3 aromatic rings. The van der Waals surface area contributed by atoms with Crippen LogP contribution in [-0.4, -0.2) is 42.0 Å². The third-order valence-corrected chi connectivity index (χ3v) is 8.49. The molecule has 1 aliphatic carbocycles. The summed E-state index contributed by atoms with van der Waals surface area (Å²) in [6, 6.07) is 14.8. The van der Waals surface area contributed by atoms with E-state index < -0.39 is 16.1 Å². The number of aryl methyl sites for hydroxylation is 2. The zero-order chi connectivity index (χ0) is 23.7. The van der Waals surface area contributed by atoms with Gasteiger partial charge in [-0.1, -0.05) is 24.3 Å². The molecule has 8 nitrogen and oxygen atoms in total. The van der Waals surface area contributed by atoms with Gasteiger partial charge in [0.15, 0.2) is 6.10 Å². The first kappa shape index (κ1) is 22.7. The highest BCUT2D eigenvalue weighted by atomic mass is 32.2. The third-order valence-electron chi connectivity index (χ3n) is 6.60. The maximum atomic E-state index is 13.1. The van der Waals surface area contributed by atoms with Crippen LogP contribution in [0.25, 0.3) is 11.5 Å². The van der Waals surface area contributed by atoms with Gasteiger partial charge in [0.05, 0.1) is 10.8 Å². The molecule has 178 valence electrons. The molecule has 1 atom stereocenters. The minimum Gasteiger partial charge on any atom is -0.452 e. The second-order valence-electron chi connectivity index (χ2n) is 8.85. The van der Waals surface area contributed by atoms with E-state index in [1.54, 1.807) is 13.0 Å². The molecule has 2 aliphatic rings. The number of piperidine rings is 1. The topological polar surface area (TPSA) is 103 Å². The minimum absolute atomic E-state index is 0.226. The number of carbonyl (C=O) groups is 1. The standard InChI is InChI=1S/C25H27N3O5S/c1-17(23-26-27-24(33-23)19-6-3-2-4-7-19)32-25(29)20-12-14-28(15-13-20)34(30,31)22-11-10-18-8-5-9-21(18)16-22/h2-4,6-7,10-11,16-17,20H,5,8-9,12-15H2,1H3. The second kappa shape index (κ2) is 9.31. The van der Waals surface area contributed by atoms with Crippen molar-refractivity contribution in [2.75, 3.05) is 13.1 Å². The lowest BCUT2D eigenvalue weighted by Gasteiger charge is -2.30. The van der Waals surface area contributed by atoms with Crippen LogP contribution in [0.1, 0.15) is 49.3 Å². The molecular weight excluding hydrogens is 454 g/mol. The van der Waals surface area contributed by atoms with Gasteiger partial charge in [-0.05, 0) is 74.4 Å². The van der Waals surface area contributed by atoms with E-state index in [2.05, 4.69) is 10.2 Å². The fourth-order valence-electron chi connectivity index (χ4n) is 4.61. The van der Waals surface area contributed by atoms with Crippen molar-refractivity contribution in [2.45, 2.75) is 50.0 Å². The lowest BCUT2D eigenvalue weighted by atomic mass is 9.98. The largest absolute Gasteiger partial charge is 0.452 e. The summed E-state index contributed by atoms with van der Waals surface area (Å²) in [7, 11) is -3.57. The Kier molecular flexibility index (Phi) is 6.22. The zero-order valence-corrected chi connectivity index (χ0v) is 19.8. The summed E-state index contributed by atoms with van der Waals surface area (Å²) in [5, 5.41) is 8.05. The summed E-state index contributed by atoms with van der Waals surface area (Å²) < 4.78 is 39.0. The number of esters is 1. The van der Waals surface area contributed by atoms with Gasteiger partial charge in [-0.15, -0.1) is 10.2 Å². The Hall–Kier alpha value is -3.04. The van der Waals surface area contributed by atoms with E-state index in [-0.39, 0.29) is 30.9 Å². The summed E-state index contributed by atoms with van der Waals surface area (Å²) in [6.07, 6.45) is 3.15. The van der Waals surface area contributed by atoms with E-state index in [0.29, 0.717) is 23.6 Å². The molecule has 1 saturated heterocycles. The van der Waals surface area contributed by atoms with Gasteiger partial charge in [-0.25, -0.2) is 8.42 Å². The average Bonchev–Trinajstić information content (AvgIpc) is 3.54. The van der Waals surface area contributed by atoms with Crippen molar-refractivity contribution in [3.8, 4) is 11.5 Å². The predicted molar refractivity (Wildman–Crippen MR) is 124 cm³/mol. The Morgan fingerprint density at radius 2 is 1.79 bits per heavy atom. The number of rotatable bonds is 6. The molecule has 34 heavy (non-hydrogen) atoms. The van der Waals surface area contributed by atoms with Gasteiger partial charge in [0.1, 0.15) is 0 Å². The minimum atomic E-state index is -3.57. The van der Waals surface area contributed by atoms with Crippen LogP contribution in [0.3, 0.4) is 0 Å². The van der Waals surface area contributed by atoms with Gasteiger partial charge in [-0.3, -0.25) is 4.79 Å². The molecule has 5 rings (SSSR count). The number of fused-ring (bicyclic) bond motifs is 1. The van der Waals surface area contributed by atoms with Crippen LogP contribution in [-0.2, 0) is 32.4 Å². The number of hydrogen-bond acceptors (Lipinski definition) is 7. The van der Waals surface area contributed by atoms with Crippen molar-refractivity contribution >= 4 is 16.0 Å². The third kappa shape index (κ3) is 4.50. The van der Waals surface area contributed by atoms with Gasteiger partial charge in [0, 0.05) is 18.7 Å². The molecule has 1 aliphatic heterocycles. The number of benzene rings is 2. The molecule has 0 spiro atoms. The maximum Gasteiger partial charge on any atom is 0.309 e. The number of aromatic nitrogens is 2. The first-order valence-electron chi connectivity index (χ1n) is 11.6. The molecular formula is C25H27N3O5S. The first-order chi connectivity index (χ1) is 16.4. The molecule has 1 aromatic heterocycles. The average molecular weight is 482 g/mol. The van der Waals surface area contributed by atoms with E-state index >= 15 is 0 Å². The number of ether oxygens (including phenoxy) is 1. The summed E-state index contributed by atoms with van der Waals surface area (Å²) in [5.74, 6) is -0.153. The van der Waals surface area contributed by atoms with E-state index in [4.69, 9.17) is 9.15 Å². The Balaban J connectivity index is 1.18. The molecule has 0 radical (unpaired) electrons. The molecule has 2 heterocycles. The van der Waals surface area contributed by atoms with Crippen molar-refractivity contribution in [1.29, 1.82) is 0 Å². The van der Waals surface area contributed by atoms with Gasteiger partial charge in [-0.2, -0.15) is 4.31 Å². The summed E-state index contributed by atoms with van der Waals surface area (Å²) in [6.45, 7) is 2.26. The smallest absolute Gasteiger partial charge is 0.309 e. The van der Waals surface area contributed by atoms with Gasteiger partial charge < -0.3 is 9.15 Å². The summed E-state index contributed by atoms with van der Waals surface area (Å²) in [5.41, 5.74) is 3.16. The molecule has 0 N–H and O–H groups in total. The Morgan fingerprint density at radius 1 is 1.06 bits per heavy atom. The monoisotopic (exact) mass is 481 g/mol. The van der Waals surface area contributed by atoms with Crippen molar-refractivity contribution < 1.29 is 22.4 Å². The quantitative estimate of drug-likeness (QED) is 0.492. The Labute approximate surface area is 199 Å². The van der Waals surface area contributed by atoms with Gasteiger partial charge in [0.25, 0.3) is 5.89 Å². The number of sulfonamides is 1. The van der Waals surface area contributed by atoms with E-state index in [0.717, 1.165) is 30.4 Å².